The Hall–Kier alpha value is -1.94. The average molecular weight is 367 g/mol. The molecule has 0 aliphatic rings. The summed E-state index contributed by atoms with van der Waals surface area (Å²) in [5.41, 5.74) is 71.6. The van der Waals surface area contributed by atoms with Crippen molar-refractivity contribution in [2.24, 2.45) is 57.3 Å². The van der Waals surface area contributed by atoms with E-state index < -0.39 is 25.2 Å². The van der Waals surface area contributed by atoms with Gasteiger partial charge in [0, 0.05) is 0 Å². The van der Waals surface area contributed by atoms with Gasteiger partial charge in [0.2, 0.25) is 0 Å². The number of nitrogens with two attached hydrogens (primary N) is 11. The van der Waals surface area contributed by atoms with Crippen LogP contribution in [0.25, 0.3) is 11.5 Å². The van der Waals surface area contributed by atoms with Gasteiger partial charge in [-0.15, -0.1) is 0 Å². The van der Waals surface area contributed by atoms with Gasteiger partial charge in [-0.25, -0.2) is 0 Å². The Kier molecular flexibility index (Phi) is 51.9. The van der Waals surface area contributed by atoms with Crippen molar-refractivity contribution in [1.82, 2.24) is 0 Å². The Morgan fingerprint density at radius 3 is 0.750 bits per heavy atom. The minimum atomic E-state index is -0.667. The van der Waals surface area contributed by atoms with Crippen LogP contribution in [0.5, 0.6) is 0 Å². The van der Waals surface area contributed by atoms with Crippen LogP contribution in [0.4, 0.5) is 0 Å². The molecule has 0 aliphatic carbocycles. The van der Waals surface area contributed by atoms with Crippen LogP contribution in [0.15, 0.2) is 0 Å². The molecule has 0 spiro atoms. The van der Waals surface area contributed by atoms with Crippen LogP contribution in [0, 0.1) is 5.41 Å². The molecule has 0 fully saturated rings. The second-order valence-corrected chi connectivity index (χ2v) is 3.50. The molecule has 0 aromatic carbocycles. The molecule has 37 N–H and O–H groups in total. The maximum atomic E-state index is 6.25. The summed E-state index contributed by atoms with van der Waals surface area (Å²) in [4.78, 5) is 0. The lowest BCUT2D eigenvalue weighted by Gasteiger charge is -1.94. The highest BCUT2D eigenvalue weighted by Crippen LogP contribution is 1.41. The summed E-state index contributed by atoms with van der Waals surface area (Å²) < 4.78 is 0. The van der Waals surface area contributed by atoms with Crippen molar-refractivity contribution in [3.05, 3.63) is 11.5 Å². The van der Waals surface area contributed by atoms with E-state index in [-0.39, 0.29) is 13.3 Å². The molecule has 0 rings (SSSR count). The van der Waals surface area contributed by atoms with Gasteiger partial charge in [0.15, 0.2) is 18.5 Å². The molecular weight excluding hydrogens is 324 g/mol. The second kappa shape index (κ2) is 32.9. The molecule has 0 aromatic rings. The molecule has 0 heterocycles. The van der Waals surface area contributed by atoms with Crippen molar-refractivity contribution in [2.75, 3.05) is 0 Å². The Balaban J connectivity index is -0.0000000309. The zero-order chi connectivity index (χ0) is 21.5. The highest BCUT2D eigenvalue weighted by Gasteiger charge is 1.70. The molecule has 18 heteroatoms. The van der Waals surface area contributed by atoms with Gasteiger partial charge in [-0.2, -0.15) is 0 Å². The molecule has 0 saturated carbocycles. The zero-order valence-electron chi connectivity index (χ0n) is 15.0. The standard InChI is InChI=1S/2CH7N3.2CH6N3.2CH5N3/c6*2-1(3)4/h2*1H,2-4H2;2*1-2H,3-4H2;2*(H5,2,3,4)/q;;2*-1;;/p+6. The second-order valence-electron chi connectivity index (χ2n) is 3.50. The summed E-state index contributed by atoms with van der Waals surface area (Å²) in [6.45, 7) is 0. The predicted octanol–water partition coefficient (Wildman–Crippen LogP) is -12.1. The first kappa shape index (κ1) is 37.9. The van der Waals surface area contributed by atoms with Crippen molar-refractivity contribution < 1.29 is 29.8 Å². The molecule has 0 amide bonds. The first-order valence-corrected chi connectivity index (χ1v) is 5.90. The van der Waals surface area contributed by atoms with Gasteiger partial charge in [0.05, 0.1) is 12.6 Å². The van der Waals surface area contributed by atoms with Crippen molar-refractivity contribution in [3.8, 4) is 0 Å². The monoisotopic (exact) mass is 366 g/mol. The van der Waals surface area contributed by atoms with Gasteiger partial charge in [0.1, 0.15) is 0 Å². The summed E-state index contributed by atoms with van der Waals surface area (Å²) in [5.74, 6) is -0.417. The largest absolute Gasteiger partial charge is 1.00 e. The Labute approximate surface area is 142 Å². The van der Waals surface area contributed by atoms with Crippen LogP contribution in [0.2, 0.25) is 0 Å². The lowest BCUT2D eigenvalue weighted by Crippen LogP contribution is -2.71. The molecule has 152 valence electrons. The zero-order valence-corrected chi connectivity index (χ0v) is 14.0. The fourth-order valence-corrected chi connectivity index (χ4v) is 0. The van der Waals surface area contributed by atoms with E-state index in [2.05, 4.69) is 62.7 Å². The summed E-state index contributed by atoms with van der Waals surface area (Å²) in [7, 11) is 0. The molecule has 0 aromatic heterocycles. The van der Waals surface area contributed by atoms with Crippen molar-refractivity contribution in [2.45, 2.75) is 25.2 Å². The number of rotatable bonds is 0. The minimum absolute atomic E-state index is 0. The number of quaternary nitrogens is 4. The molecule has 24 heavy (non-hydrogen) atoms. The number of hydrogen-bond donors (Lipinski definition) is 16. The fourth-order valence-electron chi connectivity index (χ4n) is 0. The summed E-state index contributed by atoms with van der Waals surface area (Å²) in [6.07, 6.45) is -2.17. The Bertz CT molecular complexity index is 175. The van der Waals surface area contributed by atoms with Crippen molar-refractivity contribution >= 4 is 11.9 Å². The molecule has 0 bridgehead atoms. The van der Waals surface area contributed by atoms with Crippen LogP contribution < -0.4 is 85.7 Å². The summed E-state index contributed by atoms with van der Waals surface area (Å²) in [6, 6.07) is 0. The van der Waals surface area contributed by atoms with E-state index in [1.54, 1.807) is 0 Å². The van der Waals surface area contributed by atoms with E-state index in [4.69, 9.17) is 39.8 Å². The van der Waals surface area contributed by atoms with Gasteiger partial charge < -0.3 is 45.9 Å². The smallest absolute Gasteiger partial charge is 0.611 e. The first-order valence-electron chi connectivity index (χ1n) is 5.90. The van der Waals surface area contributed by atoms with Gasteiger partial charge in [-0.1, -0.05) is 0 Å². The van der Waals surface area contributed by atoms with E-state index in [0.29, 0.717) is 0 Å². The quantitative estimate of drug-likeness (QED) is 0.109. The third-order valence-electron chi connectivity index (χ3n) is 0. The first-order chi connectivity index (χ1) is 10.4. The van der Waals surface area contributed by atoms with Crippen molar-refractivity contribution in [3.63, 3.8) is 0 Å². The van der Waals surface area contributed by atoms with Gasteiger partial charge in [-0.3, -0.25) is 56.7 Å². The van der Waals surface area contributed by atoms with E-state index in [0.717, 1.165) is 0 Å². The number of nitrogens with one attached hydrogen (secondary N) is 3. The normalized spacial score (nSPS) is 10.2. The highest BCUT2D eigenvalue weighted by molar-refractivity contribution is 5.71. The molecule has 2 unspecified atom stereocenters. The van der Waals surface area contributed by atoms with Crippen LogP contribution >= 0.6 is 0 Å². The molecule has 18 nitrogen and oxygen atoms in total. The van der Waals surface area contributed by atoms with Crippen LogP contribution in [0.3, 0.4) is 0 Å². The van der Waals surface area contributed by atoms with Gasteiger partial charge >= 0.3 is 7.39 Å². The topological polar surface area (TPSA) is 468 Å². The van der Waals surface area contributed by atoms with Crippen molar-refractivity contribution in [1.29, 1.82) is 5.41 Å². The fraction of sp³-hybridized carbons (Fsp3) is 0.667. The van der Waals surface area contributed by atoms with E-state index in [1.165, 1.54) is 0 Å². The van der Waals surface area contributed by atoms with Crippen LogP contribution in [-0.2, 0) is 0 Å². The summed E-state index contributed by atoms with van der Waals surface area (Å²) >= 11 is 0. The Morgan fingerprint density at radius 2 is 0.750 bits per heavy atom. The third kappa shape index (κ3) is 1940. The molecule has 0 saturated heterocycles. The minimum Gasteiger partial charge on any atom is -0.611 e. The molecule has 0 radical (unpaired) electrons. The maximum Gasteiger partial charge on any atom is 1.00 e. The SMILES string of the molecule is N=C(N)N.NC(N)=[NH2+].NC(N)[NH3+].NC(N)[NH3+].[H+].[NH-]C(N)[NH3+].[NH-]C(N)[NH3+]. The van der Waals surface area contributed by atoms with E-state index in [9.17, 15) is 0 Å². The van der Waals surface area contributed by atoms with E-state index in [1.807, 2.05) is 0 Å². The van der Waals surface area contributed by atoms with Crippen LogP contribution in [-0.4, -0.2) is 37.1 Å². The molecular formula is C6H42N18+4. The molecule has 0 aliphatic heterocycles. The number of guanidine groups is 2. The predicted molar refractivity (Wildman–Crippen MR) is 93.0 cm³/mol. The van der Waals surface area contributed by atoms with Crippen LogP contribution in [0.1, 0.15) is 1.43 Å². The average Bonchev–Trinajstić information content (AvgIpc) is 2.08. The third-order valence-corrected chi connectivity index (χ3v) is 0. The Morgan fingerprint density at radius 1 is 0.750 bits per heavy atom. The maximum absolute atomic E-state index is 6.25. The highest BCUT2D eigenvalue weighted by atomic mass is 15.0. The van der Waals surface area contributed by atoms with Gasteiger partial charge in [0.25, 0.3) is 0 Å². The molecule has 2 atom stereocenters. The van der Waals surface area contributed by atoms with E-state index >= 15 is 0 Å². The lowest BCUT2D eigenvalue weighted by molar-refractivity contribution is -0.417. The van der Waals surface area contributed by atoms with Gasteiger partial charge in [-0.05, 0) is 0 Å². The number of hydrogen-bond acceptors (Lipinski definition) is 7. The lowest BCUT2D eigenvalue weighted by atomic mass is 11.0. The summed E-state index contributed by atoms with van der Waals surface area (Å²) in [5, 5.41) is 10.6.